The second-order valence-electron chi connectivity index (χ2n) is 5.31. The number of aliphatic hydroxyl groups is 1. The Labute approximate surface area is 111 Å². The van der Waals surface area contributed by atoms with Crippen LogP contribution >= 0.6 is 0 Å². The molecule has 106 valence electrons. The highest BCUT2D eigenvalue weighted by Crippen LogP contribution is 2.24. The Balaban J connectivity index is 1.82. The summed E-state index contributed by atoms with van der Waals surface area (Å²) in [5.74, 6) is -1.51. The van der Waals surface area contributed by atoms with E-state index in [0.717, 1.165) is 25.0 Å². The largest absolute Gasteiger partial charge is 0.493 e. The first-order chi connectivity index (χ1) is 9.02. The average molecular weight is 271 g/mol. The highest BCUT2D eigenvalue weighted by molar-refractivity contribution is 5.23. The van der Waals surface area contributed by atoms with Crippen LogP contribution in [-0.2, 0) is 0 Å². The molecule has 0 aromatic heterocycles. The van der Waals surface area contributed by atoms with Gasteiger partial charge >= 0.3 is 0 Å². The van der Waals surface area contributed by atoms with E-state index in [1.54, 1.807) is 0 Å². The first kappa shape index (κ1) is 14.2. The minimum absolute atomic E-state index is 0.0185. The molecule has 0 saturated heterocycles. The van der Waals surface area contributed by atoms with Crippen molar-refractivity contribution in [1.82, 2.24) is 5.32 Å². The summed E-state index contributed by atoms with van der Waals surface area (Å²) in [7, 11) is 0. The molecule has 0 aliphatic heterocycles. The number of halogens is 2. The van der Waals surface area contributed by atoms with Gasteiger partial charge in [-0.05, 0) is 31.9 Å². The van der Waals surface area contributed by atoms with Crippen LogP contribution in [0.2, 0.25) is 0 Å². The first-order valence-electron chi connectivity index (χ1n) is 6.49. The lowest BCUT2D eigenvalue weighted by Crippen LogP contribution is -2.48. The molecule has 0 heterocycles. The van der Waals surface area contributed by atoms with Crippen LogP contribution in [0.5, 0.6) is 5.75 Å². The van der Waals surface area contributed by atoms with Gasteiger partial charge in [0.15, 0.2) is 11.6 Å². The third-order valence-electron chi connectivity index (χ3n) is 3.29. The molecule has 1 aliphatic carbocycles. The summed E-state index contributed by atoms with van der Waals surface area (Å²) in [5, 5.41) is 12.8. The predicted molar refractivity (Wildman–Crippen MR) is 68.1 cm³/mol. The van der Waals surface area contributed by atoms with Crippen LogP contribution in [0.25, 0.3) is 0 Å². The predicted octanol–water partition coefficient (Wildman–Crippen LogP) is 2.24. The summed E-state index contributed by atoms with van der Waals surface area (Å²) in [6.45, 7) is 2.28. The lowest BCUT2D eigenvalue weighted by atomic mass is 9.99. The van der Waals surface area contributed by atoms with Gasteiger partial charge in [0.25, 0.3) is 0 Å². The van der Waals surface area contributed by atoms with Crippen molar-refractivity contribution in [3.8, 4) is 5.75 Å². The highest BCUT2D eigenvalue weighted by Gasteiger charge is 2.31. The minimum atomic E-state index is -0.918. The quantitative estimate of drug-likeness (QED) is 0.799. The van der Waals surface area contributed by atoms with Crippen molar-refractivity contribution in [2.24, 2.45) is 0 Å². The topological polar surface area (TPSA) is 41.5 Å². The Kier molecular flexibility index (Phi) is 4.37. The van der Waals surface area contributed by atoms with Gasteiger partial charge in [0.05, 0.1) is 13.2 Å². The number of rotatable bonds is 7. The Morgan fingerprint density at radius 2 is 2.11 bits per heavy atom. The SMILES string of the molecule is CC(CO)(CCOc1ccc(F)c(F)c1)NC1CC1. The molecule has 0 bridgehead atoms. The molecule has 1 fully saturated rings. The Bertz CT molecular complexity index is 437. The maximum Gasteiger partial charge on any atom is 0.162 e. The van der Waals surface area contributed by atoms with Crippen molar-refractivity contribution in [2.45, 2.75) is 37.8 Å². The normalized spacial score (nSPS) is 18.1. The van der Waals surface area contributed by atoms with Crippen LogP contribution in [-0.4, -0.2) is 29.9 Å². The fraction of sp³-hybridized carbons (Fsp3) is 0.571. The van der Waals surface area contributed by atoms with E-state index in [1.165, 1.54) is 6.07 Å². The molecule has 3 nitrogen and oxygen atoms in total. The van der Waals surface area contributed by atoms with Gasteiger partial charge in [-0.2, -0.15) is 0 Å². The van der Waals surface area contributed by atoms with Gasteiger partial charge in [0.1, 0.15) is 5.75 Å². The molecule has 1 atom stereocenters. The third-order valence-corrected chi connectivity index (χ3v) is 3.29. The number of hydrogen-bond donors (Lipinski definition) is 2. The van der Waals surface area contributed by atoms with Gasteiger partial charge in [-0.1, -0.05) is 0 Å². The van der Waals surface area contributed by atoms with Crippen molar-refractivity contribution in [3.05, 3.63) is 29.8 Å². The van der Waals surface area contributed by atoms with E-state index >= 15 is 0 Å². The van der Waals surface area contributed by atoms with Crippen LogP contribution < -0.4 is 10.1 Å². The Morgan fingerprint density at radius 1 is 1.37 bits per heavy atom. The zero-order valence-electron chi connectivity index (χ0n) is 11.0. The van der Waals surface area contributed by atoms with Crippen LogP contribution in [0, 0.1) is 11.6 Å². The molecule has 1 aromatic carbocycles. The van der Waals surface area contributed by atoms with Crippen molar-refractivity contribution in [3.63, 3.8) is 0 Å². The summed E-state index contributed by atoms with van der Waals surface area (Å²) in [6.07, 6.45) is 2.87. The first-order valence-corrected chi connectivity index (χ1v) is 6.49. The van der Waals surface area contributed by atoms with E-state index in [2.05, 4.69) is 5.32 Å². The second-order valence-corrected chi connectivity index (χ2v) is 5.31. The van der Waals surface area contributed by atoms with Gasteiger partial charge in [-0.15, -0.1) is 0 Å². The van der Waals surface area contributed by atoms with E-state index in [-0.39, 0.29) is 12.1 Å². The Hall–Kier alpha value is -1.20. The molecule has 1 unspecified atom stereocenters. The van der Waals surface area contributed by atoms with Gasteiger partial charge in [0.2, 0.25) is 0 Å². The standard InChI is InChI=1S/C14H19F2NO2/c1-14(9-18,17-10-2-3-10)6-7-19-11-4-5-12(15)13(16)8-11/h4-5,8,10,17-18H,2-3,6-7,9H2,1H3. The molecule has 0 spiro atoms. The number of benzene rings is 1. The van der Waals surface area contributed by atoms with Crippen molar-refractivity contribution in [1.29, 1.82) is 0 Å². The molecule has 0 amide bonds. The van der Waals surface area contributed by atoms with Gasteiger partial charge < -0.3 is 15.2 Å². The zero-order chi connectivity index (χ0) is 13.9. The molecular formula is C14H19F2NO2. The van der Waals surface area contributed by atoms with E-state index in [0.29, 0.717) is 24.8 Å². The molecular weight excluding hydrogens is 252 g/mol. The fourth-order valence-electron chi connectivity index (χ4n) is 1.88. The fourth-order valence-corrected chi connectivity index (χ4v) is 1.88. The molecule has 5 heteroatoms. The smallest absolute Gasteiger partial charge is 0.162 e. The molecule has 1 aliphatic rings. The molecule has 2 N–H and O–H groups in total. The summed E-state index contributed by atoms with van der Waals surface area (Å²) >= 11 is 0. The van der Waals surface area contributed by atoms with Crippen LogP contribution in [0.3, 0.4) is 0 Å². The average Bonchev–Trinajstić information content (AvgIpc) is 3.17. The van der Waals surface area contributed by atoms with Crippen LogP contribution in [0.4, 0.5) is 8.78 Å². The molecule has 19 heavy (non-hydrogen) atoms. The molecule has 1 saturated carbocycles. The van der Waals surface area contributed by atoms with Gasteiger partial charge in [-0.25, -0.2) is 8.78 Å². The van der Waals surface area contributed by atoms with Gasteiger partial charge in [-0.3, -0.25) is 0 Å². The lowest BCUT2D eigenvalue weighted by Gasteiger charge is -2.29. The number of aliphatic hydroxyl groups excluding tert-OH is 1. The summed E-state index contributed by atoms with van der Waals surface area (Å²) < 4.78 is 31.1. The molecule has 1 aromatic rings. The van der Waals surface area contributed by atoms with Crippen molar-refractivity contribution < 1.29 is 18.6 Å². The zero-order valence-corrected chi connectivity index (χ0v) is 11.0. The van der Waals surface area contributed by atoms with Crippen LogP contribution in [0.15, 0.2) is 18.2 Å². The number of hydrogen-bond acceptors (Lipinski definition) is 3. The summed E-state index contributed by atoms with van der Waals surface area (Å²) in [5.41, 5.74) is -0.389. The van der Waals surface area contributed by atoms with Gasteiger partial charge in [0, 0.05) is 24.1 Å². The lowest BCUT2D eigenvalue weighted by molar-refractivity contribution is 0.142. The monoisotopic (exact) mass is 271 g/mol. The number of nitrogens with one attached hydrogen (secondary N) is 1. The minimum Gasteiger partial charge on any atom is -0.493 e. The summed E-state index contributed by atoms with van der Waals surface area (Å²) in [4.78, 5) is 0. The third kappa shape index (κ3) is 4.14. The second kappa shape index (κ2) is 5.84. The van der Waals surface area contributed by atoms with E-state index < -0.39 is 11.6 Å². The van der Waals surface area contributed by atoms with E-state index in [1.807, 2.05) is 6.92 Å². The maximum atomic E-state index is 13.0. The van der Waals surface area contributed by atoms with E-state index in [4.69, 9.17) is 4.74 Å². The summed E-state index contributed by atoms with van der Waals surface area (Å²) in [6, 6.07) is 3.95. The number of ether oxygens (including phenoxy) is 1. The maximum absolute atomic E-state index is 13.0. The molecule has 0 radical (unpaired) electrons. The van der Waals surface area contributed by atoms with E-state index in [9.17, 15) is 13.9 Å². The highest BCUT2D eigenvalue weighted by atomic mass is 19.2. The van der Waals surface area contributed by atoms with Crippen molar-refractivity contribution in [2.75, 3.05) is 13.2 Å². The molecule has 2 rings (SSSR count). The Morgan fingerprint density at radius 3 is 2.68 bits per heavy atom. The van der Waals surface area contributed by atoms with Crippen LogP contribution in [0.1, 0.15) is 26.2 Å². The van der Waals surface area contributed by atoms with Crippen molar-refractivity contribution >= 4 is 0 Å².